The number of rotatable bonds is 4. The van der Waals surface area contributed by atoms with Crippen LogP contribution in [0.15, 0.2) is 24.3 Å². The minimum absolute atomic E-state index is 0.673. The molecule has 1 aliphatic heterocycles. The van der Waals surface area contributed by atoms with Gasteiger partial charge in [-0.15, -0.1) is 0 Å². The van der Waals surface area contributed by atoms with E-state index >= 15 is 0 Å². The van der Waals surface area contributed by atoms with Crippen LogP contribution in [0, 0.1) is 0 Å². The molecule has 2 nitrogen and oxygen atoms in total. The highest BCUT2D eigenvalue weighted by atomic mass is 35.5. The molecule has 3 heteroatoms. The number of hydrogen-bond donors (Lipinski definition) is 1. The van der Waals surface area contributed by atoms with Crippen LogP contribution in [0.5, 0.6) is 0 Å². The third-order valence-electron chi connectivity index (χ3n) is 3.53. The standard InChI is InChI=1S/C14H20ClNO/c1-2-3-9-16-10-8-14(17,11-16)12-6-4-5-7-13(12)15/h4-7,17H,2-3,8-11H2,1H3. The van der Waals surface area contributed by atoms with Gasteiger partial charge in [0.1, 0.15) is 5.60 Å². The first kappa shape index (κ1) is 12.9. The summed E-state index contributed by atoms with van der Waals surface area (Å²) in [5, 5.41) is 11.4. The lowest BCUT2D eigenvalue weighted by Crippen LogP contribution is -2.31. The molecule has 0 bridgehead atoms. The monoisotopic (exact) mass is 253 g/mol. The number of hydrogen-bond acceptors (Lipinski definition) is 2. The Hall–Kier alpha value is -0.570. The quantitative estimate of drug-likeness (QED) is 0.892. The Balaban J connectivity index is 2.09. The molecule has 0 saturated carbocycles. The highest BCUT2D eigenvalue weighted by Gasteiger charge is 2.38. The van der Waals surface area contributed by atoms with Gasteiger partial charge in [0, 0.05) is 23.7 Å². The number of aliphatic hydroxyl groups is 1. The number of halogens is 1. The van der Waals surface area contributed by atoms with Crippen molar-refractivity contribution in [1.82, 2.24) is 4.90 Å². The van der Waals surface area contributed by atoms with Gasteiger partial charge in [0.2, 0.25) is 0 Å². The minimum Gasteiger partial charge on any atom is -0.384 e. The molecule has 1 atom stereocenters. The zero-order valence-electron chi connectivity index (χ0n) is 10.3. The molecule has 1 aromatic carbocycles. The van der Waals surface area contributed by atoms with E-state index in [4.69, 9.17) is 11.6 Å². The summed E-state index contributed by atoms with van der Waals surface area (Å²) in [6.45, 7) is 4.93. The molecule has 1 heterocycles. The fourth-order valence-corrected chi connectivity index (χ4v) is 2.81. The molecule has 0 aromatic heterocycles. The molecule has 2 rings (SSSR count). The number of nitrogens with zero attached hydrogens (tertiary/aromatic N) is 1. The molecule has 1 aliphatic rings. The largest absolute Gasteiger partial charge is 0.384 e. The van der Waals surface area contributed by atoms with Gasteiger partial charge in [0.25, 0.3) is 0 Å². The maximum absolute atomic E-state index is 10.7. The summed E-state index contributed by atoms with van der Waals surface area (Å²) in [6, 6.07) is 7.63. The van der Waals surface area contributed by atoms with E-state index in [-0.39, 0.29) is 0 Å². The minimum atomic E-state index is -0.758. The van der Waals surface area contributed by atoms with Crippen molar-refractivity contribution in [3.8, 4) is 0 Å². The summed E-state index contributed by atoms with van der Waals surface area (Å²) in [6.07, 6.45) is 3.17. The molecule has 1 unspecified atom stereocenters. The van der Waals surface area contributed by atoms with E-state index in [0.717, 1.165) is 25.1 Å². The highest BCUT2D eigenvalue weighted by Crippen LogP contribution is 2.35. The zero-order valence-corrected chi connectivity index (χ0v) is 11.1. The van der Waals surface area contributed by atoms with Crippen LogP contribution < -0.4 is 0 Å². The van der Waals surface area contributed by atoms with E-state index in [9.17, 15) is 5.11 Å². The van der Waals surface area contributed by atoms with E-state index in [1.165, 1.54) is 12.8 Å². The third kappa shape index (κ3) is 2.82. The Bertz CT molecular complexity index is 382. The van der Waals surface area contributed by atoms with Gasteiger partial charge in [-0.2, -0.15) is 0 Å². The molecule has 0 aliphatic carbocycles. The lowest BCUT2D eigenvalue weighted by atomic mass is 9.93. The van der Waals surface area contributed by atoms with Gasteiger partial charge in [-0.25, -0.2) is 0 Å². The molecule has 0 amide bonds. The fraction of sp³-hybridized carbons (Fsp3) is 0.571. The first-order valence-corrected chi connectivity index (χ1v) is 6.73. The maximum atomic E-state index is 10.7. The Morgan fingerprint density at radius 3 is 2.88 bits per heavy atom. The summed E-state index contributed by atoms with van der Waals surface area (Å²) >= 11 is 6.17. The molecular weight excluding hydrogens is 234 g/mol. The Morgan fingerprint density at radius 2 is 2.18 bits per heavy atom. The van der Waals surface area contributed by atoms with Crippen molar-refractivity contribution in [3.05, 3.63) is 34.9 Å². The molecule has 17 heavy (non-hydrogen) atoms. The number of β-amino-alcohol motifs (C(OH)–C–C–N with tert-alkyl or cyclic N) is 1. The van der Waals surface area contributed by atoms with Crippen molar-refractivity contribution in [1.29, 1.82) is 0 Å². The number of likely N-dealkylation sites (tertiary alicyclic amines) is 1. The normalized spacial score (nSPS) is 25.4. The summed E-state index contributed by atoms with van der Waals surface area (Å²) in [7, 11) is 0. The lowest BCUT2D eigenvalue weighted by Gasteiger charge is -2.25. The smallest absolute Gasteiger partial charge is 0.105 e. The second-order valence-electron chi connectivity index (χ2n) is 4.89. The molecule has 1 fully saturated rings. The Morgan fingerprint density at radius 1 is 1.41 bits per heavy atom. The molecule has 1 saturated heterocycles. The predicted octanol–water partition coefficient (Wildman–Crippen LogP) is 3.03. The summed E-state index contributed by atoms with van der Waals surface area (Å²) in [4.78, 5) is 2.33. The molecular formula is C14H20ClNO. The third-order valence-corrected chi connectivity index (χ3v) is 3.86. The van der Waals surface area contributed by atoms with Crippen molar-refractivity contribution < 1.29 is 5.11 Å². The van der Waals surface area contributed by atoms with Crippen molar-refractivity contribution in [2.45, 2.75) is 31.8 Å². The van der Waals surface area contributed by atoms with Crippen molar-refractivity contribution in [2.24, 2.45) is 0 Å². The van der Waals surface area contributed by atoms with E-state index in [1.807, 2.05) is 24.3 Å². The first-order chi connectivity index (χ1) is 8.15. The average molecular weight is 254 g/mol. The maximum Gasteiger partial charge on any atom is 0.105 e. The number of benzene rings is 1. The van der Waals surface area contributed by atoms with Gasteiger partial charge < -0.3 is 10.0 Å². The molecule has 0 radical (unpaired) electrons. The second kappa shape index (κ2) is 5.38. The first-order valence-electron chi connectivity index (χ1n) is 6.35. The van der Waals surface area contributed by atoms with Gasteiger partial charge >= 0.3 is 0 Å². The van der Waals surface area contributed by atoms with Gasteiger partial charge in [0.15, 0.2) is 0 Å². The van der Waals surface area contributed by atoms with Crippen LogP contribution in [0.2, 0.25) is 5.02 Å². The number of unbranched alkanes of at least 4 members (excludes halogenated alkanes) is 1. The zero-order chi connectivity index (χ0) is 12.3. The predicted molar refractivity (Wildman–Crippen MR) is 71.3 cm³/mol. The molecule has 0 spiro atoms. The van der Waals surface area contributed by atoms with E-state index in [2.05, 4.69) is 11.8 Å². The lowest BCUT2D eigenvalue weighted by molar-refractivity contribution is 0.0461. The van der Waals surface area contributed by atoms with Crippen LogP contribution in [0.4, 0.5) is 0 Å². The van der Waals surface area contributed by atoms with Crippen molar-refractivity contribution in [2.75, 3.05) is 19.6 Å². The topological polar surface area (TPSA) is 23.5 Å². The van der Waals surface area contributed by atoms with Crippen LogP contribution in [0.25, 0.3) is 0 Å². The van der Waals surface area contributed by atoms with E-state index < -0.39 is 5.60 Å². The Labute approximate surface area is 108 Å². The van der Waals surface area contributed by atoms with Gasteiger partial charge in [0.05, 0.1) is 0 Å². The van der Waals surface area contributed by atoms with Crippen LogP contribution >= 0.6 is 11.6 Å². The van der Waals surface area contributed by atoms with Crippen LogP contribution in [0.3, 0.4) is 0 Å². The van der Waals surface area contributed by atoms with E-state index in [1.54, 1.807) is 0 Å². The van der Waals surface area contributed by atoms with Crippen LogP contribution in [-0.4, -0.2) is 29.6 Å². The van der Waals surface area contributed by atoms with Crippen molar-refractivity contribution >= 4 is 11.6 Å². The second-order valence-corrected chi connectivity index (χ2v) is 5.30. The molecule has 1 aromatic rings. The van der Waals surface area contributed by atoms with Gasteiger partial charge in [-0.1, -0.05) is 43.1 Å². The van der Waals surface area contributed by atoms with Gasteiger partial charge in [-0.3, -0.25) is 0 Å². The highest BCUT2D eigenvalue weighted by molar-refractivity contribution is 6.31. The SMILES string of the molecule is CCCCN1CCC(O)(c2ccccc2Cl)C1. The van der Waals surface area contributed by atoms with Crippen molar-refractivity contribution in [3.63, 3.8) is 0 Å². The van der Waals surface area contributed by atoms with Crippen LogP contribution in [0.1, 0.15) is 31.7 Å². The average Bonchev–Trinajstić information content (AvgIpc) is 2.70. The van der Waals surface area contributed by atoms with Gasteiger partial charge in [-0.05, 0) is 25.5 Å². The summed E-state index contributed by atoms with van der Waals surface area (Å²) in [5.74, 6) is 0. The molecule has 1 N–H and O–H groups in total. The summed E-state index contributed by atoms with van der Waals surface area (Å²) in [5.41, 5.74) is 0.118. The van der Waals surface area contributed by atoms with Crippen LogP contribution in [-0.2, 0) is 5.60 Å². The molecule has 94 valence electrons. The summed E-state index contributed by atoms with van der Waals surface area (Å²) < 4.78 is 0. The fourth-order valence-electron chi connectivity index (χ4n) is 2.50. The Kier molecular flexibility index (Phi) is 4.08. The van der Waals surface area contributed by atoms with E-state index in [0.29, 0.717) is 11.6 Å².